The van der Waals surface area contributed by atoms with Gasteiger partial charge >= 0.3 is 0 Å². The topological polar surface area (TPSA) is 29.1 Å². The first kappa shape index (κ1) is 11.0. The Balaban J connectivity index is 2.54. The number of carbonyl (C=O) groups is 1. The van der Waals surface area contributed by atoms with Gasteiger partial charge in [0, 0.05) is 0 Å². The molecule has 1 heterocycles. The van der Waals surface area contributed by atoms with Crippen molar-refractivity contribution in [1.29, 1.82) is 0 Å². The zero-order valence-electron chi connectivity index (χ0n) is 8.29. The Morgan fingerprint density at radius 2 is 2.23 bits per heavy atom. The van der Waals surface area contributed by atoms with Crippen LogP contribution in [0.1, 0.15) is 26.7 Å². The number of hydrogen-bond donors (Lipinski definition) is 1. The summed E-state index contributed by atoms with van der Waals surface area (Å²) in [5.41, 5.74) is 0. The first-order chi connectivity index (χ1) is 6.15. The van der Waals surface area contributed by atoms with Gasteiger partial charge in [-0.05, 0) is 31.2 Å². The summed E-state index contributed by atoms with van der Waals surface area (Å²) in [6.07, 6.45) is 3.02. The summed E-state index contributed by atoms with van der Waals surface area (Å²) < 4.78 is 0. The van der Waals surface area contributed by atoms with Crippen molar-refractivity contribution in [2.45, 2.75) is 38.1 Å². The smallest absolute Gasteiger partial charge is 0.138 e. The van der Waals surface area contributed by atoms with Gasteiger partial charge in [-0.25, -0.2) is 0 Å². The largest absolute Gasteiger partial charge is 0.306 e. The Hall–Kier alpha value is -0.0800. The molecule has 0 aromatic rings. The van der Waals surface area contributed by atoms with Gasteiger partial charge in [-0.1, -0.05) is 13.8 Å². The zero-order valence-corrected chi connectivity index (χ0v) is 9.05. The van der Waals surface area contributed by atoms with Gasteiger partial charge in [-0.3, -0.25) is 0 Å². The van der Waals surface area contributed by atoms with E-state index in [1.54, 1.807) is 0 Å². The third-order valence-electron chi connectivity index (χ3n) is 2.90. The molecule has 2 nitrogen and oxygen atoms in total. The molecule has 3 unspecified atom stereocenters. The summed E-state index contributed by atoms with van der Waals surface area (Å²) in [4.78, 5) is 10.7. The highest BCUT2D eigenvalue weighted by molar-refractivity contribution is 6.22. The first-order valence-corrected chi connectivity index (χ1v) is 5.41. The van der Waals surface area contributed by atoms with Gasteiger partial charge < -0.3 is 10.1 Å². The molecule has 3 heteroatoms. The van der Waals surface area contributed by atoms with Crippen molar-refractivity contribution >= 4 is 17.9 Å². The highest BCUT2D eigenvalue weighted by Gasteiger charge is 2.27. The SMILES string of the molecule is CC(C)C1CCNC(C=O)C(Cl)C1. The zero-order chi connectivity index (χ0) is 9.84. The van der Waals surface area contributed by atoms with E-state index >= 15 is 0 Å². The van der Waals surface area contributed by atoms with Crippen LogP contribution in [0.3, 0.4) is 0 Å². The summed E-state index contributed by atoms with van der Waals surface area (Å²) in [5, 5.41) is 3.13. The molecule has 1 fully saturated rings. The van der Waals surface area contributed by atoms with Crippen molar-refractivity contribution in [2.24, 2.45) is 11.8 Å². The Labute approximate surface area is 85.0 Å². The first-order valence-electron chi connectivity index (χ1n) is 4.98. The number of hydrogen-bond acceptors (Lipinski definition) is 2. The Bertz CT molecular complexity index is 172. The number of carbonyl (C=O) groups excluding carboxylic acids is 1. The van der Waals surface area contributed by atoms with Crippen LogP contribution in [0.5, 0.6) is 0 Å². The van der Waals surface area contributed by atoms with E-state index < -0.39 is 0 Å². The molecule has 0 aromatic carbocycles. The Morgan fingerprint density at radius 3 is 2.77 bits per heavy atom. The van der Waals surface area contributed by atoms with Crippen molar-refractivity contribution < 1.29 is 4.79 Å². The van der Waals surface area contributed by atoms with E-state index in [9.17, 15) is 4.79 Å². The fraction of sp³-hybridized carbons (Fsp3) is 0.900. The monoisotopic (exact) mass is 203 g/mol. The third kappa shape index (κ3) is 2.96. The van der Waals surface area contributed by atoms with Gasteiger partial charge in [0.25, 0.3) is 0 Å². The quantitative estimate of drug-likeness (QED) is 0.548. The minimum absolute atomic E-state index is 0.0348. The minimum atomic E-state index is -0.148. The molecule has 76 valence electrons. The van der Waals surface area contributed by atoms with E-state index in [0.717, 1.165) is 25.7 Å². The standard InChI is InChI=1S/C10H18ClNO/c1-7(2)8-3-4-12-10(6-13)9(11)5-8/h6-10,12H,3-5H2,1-2H3. The van der Waals surface area contributed by atoms with Gasteiger partial charge in [0.2, 0.25) is 0 Å². The summed E-state index contributed by atoms with van der Waals surface area (Å²) >= 11 is 6.13. The van der Waals surface area contributed by atoms with Crippen LogP contribution < -0.4 is 5.32 Å². The minimum Gasteiger partial charge on any atom is -0.306 e. The van der Waals surface area contributed by atoms with Crippen LogP contribution in [0.4, 0.5) is 0 Å². The number of halogens is 1. The van der Waals surface area contributed by atoms with Crippen molar-refractivity contribution in [3.63, 3.8) is 0 Å². The second-order valence-corrected chi connectivity index (χ2v) is 4.72. The number of alkyl halides is 1. The molecule has 0 amide bonds. The Morgan fingerprint density at radius 1 is 1.54 bits per heavy atom. The van der Waals surface area contributed by atoms with Crippen LogP contribution in [0.25, 0.3) is 0 Å². The van der Waals surface area contributed by atoms with E-state index in [-0.39, 0.29) is 11.4 Å². The van der Waals surface area contributed by atoms with Crippen LogP contribution >= 0.6 is 11.6 Å². The van der Waals surface area contributed by atoms with E-state index in [4.69, 9.17) is 11.6 Å². The van der Waals surface area contributed by atoms with Crippen LogP contribution in [0.15, 0.2) is 0 Å². The lowest BCUT2D eigenvalue weighted by molar-refractivity contribution is -0.109. The van der Waals surface area contributed by atoms with Crippen LogP contribution in [-0.2, 0) is 4.79 Å². The van der Waals surface area contributed by atoms with E-state index in [1.807, 2.05) is 0 Å². The summed E-state index contributed by atoms with van der Waals surface area (Å²) in [7, 11) is 0. The van der Waals surface area contributed by atoms with E-state index in [1.165, 1.54) is 0 Å². The van der Waals surface area contributed by atoms with Crippen molar-refractivity contribution in [3.05, 3.63) is 0 Å². The number of aldehydes is 1. The predicted octanol–water partition coefficient (Wildman–Crippen LogP) is 1.82. The molecule has 0 bridgehead atoms. The highest BCUT2D eigenvalue weighted by atomic mass is 35.5. The van der Waals surface area contributed by atoms with Gasteiger partial charge in [0.15, 0.2) is 0 Å². The maximum Gasteiger partial charge on any atom is 0.138 e. The van der Waals surface area contributed by atoms with Crippen molar-refractivity contribution in [1.82, 2.24) is 5.32 Å². The average Bonchev–Trinajstić information content (AvgIpc) is 2.26. The highest BCUT2D eigenvalue weighted by Crippen LogP contribution is 2.26. The normalized spacial score (nSPS) is 35.8. The molecule has 0 aliphatic carbocycles. The molecule has 1 aliphatic rings. The fourth-order valence-electron chi connectivity index (χ4n) is 1.86. The number of rotatable bonds is 2. The molecule has 0 spiro atoms. The molecule has 0 aromatic heterocycles. The molecule has 0 radical (unpaired) electrons. The lowest BCUT2D eigenvalue weighted by Gasteiger charge is -2.20. The van der Waals surface area contributed by atoms with Crippen molar-refractivity contribution in [3.8, 4) is 0 Å². The predicted molar refractivity (Wildman–Crippen MR) is 55.1 cm³/mol. The van der Waals surface area contributed by atoms with Crippen molar-refractivity contribution in [2.75, 3.05) is 6.54 Å². The molecule has 3 atom stereocenters. The maximum absolute atomic E-state index is 10.7. The van der Waals surface area contributed by atoms with Gasteiger partial charge in [0.1, 0.15) is 6.29 Å². The molecule has 1 saturated heterocycles. The average molecular weight is 204 g/mol. The van der Waals surface area contributed by atoms with E-state index in [2.05, 4.69) is 19.2 Å². The summed E-state index contributed by atoms with van der Waals surface area (Å²) in [5.74, 6) is 1.31. The second kappa shape index (κ2) is 4.97. The molecule has 0 saturated carbocycles. The second-order valence-electron chi connectivity index (χ2n) is 4.16. The van der Waals surface area contributed by atoms with Gasteiger partial charge in [-0.2, -0.15) is 0 Å². The van der Waals surface area contributed by atoms with Gasteiger partial charge in [-0.15, -0.1) is 11.6 Å². The molecule has 1 aliphatic heterocycles. The Kier molecular flexibility index (Phi) is 4.20. The summed E-state index contributed by atoms with van der Waals surface area (Å²) in [6, 6.07) is -0.148. The van der Waals surface area contributed by atoms with Crippen LogP contribution in [0.2, 0.25) is 0 Å². The molecular formula is C10H18ClNO. The third-order valence-corrected chi connectivity index (χ3v) is 3.35. The number of nitrogens with one attached hydrogen (secondary N) is 1. The lowest BCUT2D eigenvalue weighted by atomic mass is 9.88. The van der Waals surface area contributed by atoms with Crippen LogP contribution in [0, 0.1) is 11.8 Å². The summed E-state index contributed by atoms with van der Waals surface area (Å²) in [6.45, 7) is 5.35. The van der Waals surface area contributed by atoms with Gasteiger partial charge in [0.05, 0.1) is 11.4 Å². The fourth-order valence-corrected chi connectivity index (χ4v) is 2.23. The van der Waals surface area contributed by atoms with E-state index in [0.29, 0.717) is 11.8 Å². The molecule has 13 heavy (non-hydrogen) atoms. The lowest BCUT2D eigenvalue weighted by Crippen LogP contribution is -2.36. The maximum atomic E-state index is 10.7. The molecule has 1 rings (SSSR count). The van der Waals surface area contributed by atoms with Crippen LogP contribution in [-0.4, -0.2) is 24.2 Å². The molecule has 1 N–H and O–H groups in total. The molecular weight excluding hydrogens is 186 g/mol.